The fourth-order valence-corrected chi connectivity index (χ4v) is 1.64. The van der Waals surface area contributed by atoms with Crippen LogP contribution in [0.2, 0.25) is 0 Å². The lowest BCUT2D eigenvalue weighted by Gasteiger charge is -2.20. The van der Waals surface area contributed by atoms with Crippen molar-refractivity contribution in [2.24, 2.45) is 10.9 Å². The van der Waals surface area contributed by atoms with Crippen LogP contribution in [0.1, 0.15) is 18.1 Å². The first-order valence-electron chi connectivity index (χ1n) is 6.12. The number of nitrogens with one attached hydrogen (secondary N) is 1. The molecule has 0 aliphatic heterocycles. The summed E-state index contributed by atoms with van der Waals surface area (Å²) in [5.74, 6) is 0.470. The number of oxime groups is 1. The molecule has 0 bridgehead atoms. The number of nitrogens with zero attached hydrogens (tertiary/aromatic N) is 1. The number of hydrogen-bond donors (Lipinski definition) is 5. The zero-order valence-electron chi connectivity index (χ0n) is 11.6. The van der Waals surface area contributed by atoms with E-state index >= 15 is 0 Å². The predicted octanol–water partition coefficient (Wildman–Crippen LogP) is -0.377. The standard InChI is InChI=1S/C13H21N3O4/c1-13(18,8-17)7-15-6-9-3-4-10(12(14)16-19)11(5-9)20-2/h3-5,15,17-19H,6-8H2,1-2H3,(H2,14,16). The molecule has 7 nitrogen and oxygen atoms in total. The maximum Gasteiger partial charge on any atom is 0.173 e. The van der Waals surface area contributed by atoms with Crippen LogP contribution in [-0.2, 0) is 6.54 Å². The van der Waals surface area contributed by atoms with E-state index in [1.165, 1.54) is 7.11 Å². The zero-order chi connectivity index (χ0) is 15.2. The van der Waals surface area contributed by atoms with Crippen molar-refractivity contribution in [2.75, 3.05) is 20.3 Å². The third-order valence-electron chi connectivity index (χ3n) is 2.83. The van der Waals surface area contributed by atoms with E-state index < -0.39 is 5.60 Å². The molecule has 112 valence electrons. The Morgan fingerprint density at radius 3 is 2.75 bits per heavy atom. The van der Waals surface area contributed by atoms with Gasteiger partial charge in [0.25, 0.3) is 0 Å². The molecule has 0 heterocycles. The Bertz CT molecular complexity index is 475. The van der Waals surface area contributed by atoms with Gasteiger partial charge in [-0.15, -0.1) is 0 Å². The Labute approximate surface area is 117 Å². The van der Waals surface area contributed by atoms with Crippen molar-refractivity contribution in [3.8, 4) is 5.75 Å². The zero-order valence-corrected chi connectivity index (χ0v) is 11.6. The van der Waals surface area contributed by atoms with Crippen molar-refractivity contribution in [3.05, 3.63) is 29.3 Å². The summed E-state index contributed by atoms with van der Waals surface area (Å²) < 4.78 is 5.19. The summed E-state index contributed by atoms with van der Waals surface area (Å²) in [6.45, 7) is 1.98. The molecule has 1 atom stereocenters. The molecule has 0 aliphatic rings. The molecule has 1 rings (SSSR count). The van der Waals surface area contributed by atoms with Gasteiger partial charge in [0.15, 0.2) is 5.84 Å². The van der Waals surface area contributed by atoms with Crippen molar-refractivity contribution in [3.63, 3.8) is 0 Å². The Kier molecular flexibility index (Phi) is 5.75. The van der Waals surface area contributed by atoms with Gasteiger partial charge in [0.05, 0.1) is 24.9 Å². The van der Waals surface area contributed by atoms with Gasteiger partial charge >= 0.3 is 0 Å². The van der Waals surface area contributed by atoms with E-state index in [0.717, 1.165) is 5.56 Å². The number of rotatable bonds is 7. The molecule has 6 N–H and O–H groups in total. The fourth-order valence-electron chi connectivity index (χ4n) is 1.64. The normalized spacial score (nSPS) is 14.9. The van der Waals surface area contributed by atoms with Gasteiger partial charge in [-0.25, -0.2) is 0 Å². The number of aliphatic hydroxyl groups is 2. The highest BCUT2D eigenvalue weighted by atomic mass is 16.5. The largest absolute Gasteiger partial charge is 0.496 e. The summed E-state index contributed by atoms with van der Waals surface area (Å²) in [7, 11) is 1.50. The summed E-state index contributed by atoms with van der Waals surface area (Å²) in [6.07, 6.45) is 0. The molecule has 1 aromatic rings. The predicted molar refractivity (Wildman–Crippen MR) is 74.9 cm³/mol. The molecule has 20 heavy (non-hydrogen) atoms. The molecule has 7 heteroatoms. The Hall–Kier alpha value is -1.83. The second kappa shape index (κ2) is 7.09. The first-order valence-corrected chi connectivity index (χ1v) is 6.12. The molecule has 0 saturated heterocycles. The SMILES string of the molecule is COc1cc(CNCC(C)(O)CO)ccc1/C(N)=N/O. The summed E-state index contributed by atoms with van der Waals surface area (Å²) in [4.78, 5) is 0. The van der Waals surface area contributed by atoms with Crippen LogP contribution in [0.3, 0.4) is 0 Å². The maximum absolute atomic E-state index is 9.65. The van der Waals surface area contributed by atoms with Crippen LogP contribution in [0.25, 0.3) is 0 Å². The molecule has 0 aliphatic carbocycles. The number of ether oxygens (including phenoxy) is 1. The second-order valence-electron chi connectivity index (χ2n) is 4.78. The van der Waals surface area contributed by atoms with E-state index in [2.05, 4.69) is 10.5 Å². The summed E-state index contributed by atoms with van der Waals surface area (Å²) in [5.41, 5.74) is 5.79. The minimum absolute atomic E-state index is 0.0235. The van der Waals surface area contributed by atoms with Crippen LogP contribution in [-0.4, -0.2) is 47.1 Å². The van der Waals surface area contributed by atoms with Crippen molar-refractivity contribution >= 4 is 5.84 Å². The Morgan fingerprint density at radius 2 is 2.20 bits per heavy atom. The van der Waals surface area contributed by atoms with Crippen LogP contribution >= 0.6 is 0 Å². The van der Waals surface area contributed by atoms with Gasteiger partial charge in [0.1, 0.15) is 5.75 Å². The summed E-state index contributed by atoms with van der Waals surface area (Å²) in [6, 6.07) is 5.25. The number of nitrogens with two attached hydrogens (primary N) is 1. The highest BCUT2D eigenvalue weighted by Crippen LogP contribution is 2.20. The monoisotopic (exact) mass is 283 g/mol. The number of amidine groups is 1. The van der Waals surface area contributed by atoms with E-state index in [9.17, 15) is 5.11 Å². The van der Waals surface area contributed by atoms with Gasteiger partial charge in [0, 0.05) is 13.1 Å². The minimum atomic E-state index is -1.15. The smallest absolute Gasteiger partial charge is 0.173 e. The highest BCUT2D eigenvalue weighted by Gasteiger charge is 2.18. The van der Waals surface area contributed by atoms with Gasteiger partial charge in [-0.05, 0) is 24.6 Å². The average Bonchev–Trinajstić information content (AvgIpc) is 2.46. The van der Waals surface area contributed by atoms with E-state index in [1.54, 1.807) is 25.1 Å². The third-order valence-corrected chi connectivity index (χ3v) is 2.83. The number of hydrogen-bond acceptors (Lipinski definition) is 6. The molecule has 0 saturated carbocycles. The number of methoxy groups -OCH3 is 1. The van der Waals surface area contributed by atoms with Crippen LogP contribution < -0.4 is 15.8 Å². The van der Waals surface area contributed by atoms with Gasteiger partial charge in [-0.2, -0.15) is 0 Å². The molecule has 0 spiro atoms. The molecule has 1 aromatic carbocycles. The minimum Gasteiger partial charge on any atom is -0.496 e. The van der Waals surface area contributed by atoms with E-state index in [-0.39, 0.29) is 19.0 Å². The van der Waals surface area contributed by atoms with E-state index in [1.807, 2.05) is 0 Å². The number of aliphatic hydroxyl groups excluding tert-OH is 1. The van der Waals surface area contributed by atoms with Crippen molar-refractivity contribution in [1.82, 2.24) is 5.32 Å². The van der Waals surface area contributed by atoms with Crippen molar-refractivity contribution in [2.45, 2.75) is 19.1 Å². The van der Waals surface area contributed by atoms with Crippen molar-refractivity contribution in [1.29, 1.82) is 0 Å². The van der Waals surface area contributed by atoms with Gasteiger partial charge < -0.3 is 31.2 Å². The first kappa shape index (κ1) is 16.2. The molecule has 0 aromatic heterocycles. The lowest BCUT2D eigenvalue weighted by Crippen LogP contribution is -2.40. The fraction of sp³-hybridized carbons (Fsp3) is 0.462. The summed E-state index contributed by atoms with van der Waals surface area (Å²) in [5, 5.41) is 33.2. The number of benzene rings is 1. The van der Waals surface area contributed by atoms with E-state index in [0.29, 0.717) is 17.9 Å². The third kappa shape index (κ3) is 4.37. The van der Waals surface area contributed by atoms with Crippen LogP contribution in [0.4, 0.5) is 0 Å². The van der Waals surface area contributed by atoms with E-state index in [4.69, 9.17) is 20.8 Å². The molecular weight excluding hydrogens is 262 g/mol. The van der Waals surface area contributed by atoms with Crippen LogP contribution in [0, 0.1) is 0 Å². The maximum atomic E-state index is 9.65. The Morgan fingerprint density at radius 1 is 1.50 bits per heavy atom. The van der Waals surface area contributed by atoms with Crippen LogP contribution in [0.15, 0.2) is 23.4 Å². The quantitative estimate of drug-likeness (QED) is 0.201. The second-order valence-corrected chi connectivity index (χ2v) is 4.78. The molecular formula is C13H21N3O4. The Balaban J connectivity index is 2.74. The van der Waals surface area contributed by atoms with Gasteiger partial charge in [-0.1, -0.05) is 11.2 Å². The van der Waals surface area contributed by atoms with Gasteiger partial charge in [0.2, 0.25) is 0 Å². The average molecular weight is 283 g/mol. The lowest BCUT2D eigenvalue weighted by atomic mass is 10.1. The van der Waals surface area contributed by atoms with Crippen LogP contribution in [0.5, 0.6) is 5.75 Å². The highest BCUT2D eigenvalue weighted by molar-refractivity contribution is 5.99. The lowest BCUT2D eigenvalue weighted by molar-refractivity contribution is 0.00254. The molecule has 1 unspecified atom stereocenters. The molecule has 0 fully saturated rings. The van der Waals surface area contributed by atoms with Gasteiger partial charge in [-0.3, -0.25) is 0 Å². The summed E-state index contributed by atoms with van der Waals surface area (Å²) >= 11 is 0. The molecule has 0 radical (unpaired) electrons. The topological polar surface area (TPSA) is 120 Å². The first-order chi connectivity index (χ1) is 9.43. The van der Waals surface area contributed by atoms with Crippen molar-refractivity contribution < 1.29 is 20.2 Å². The molecule has 0 amide bonds.